The standard InChI is InChI=1S/C12H24N2O2.ClH/c1-10(11(15)16-4)7-14(3)9-12(2)5-6-13-8-12;/h10,13H,5-9H2,1-4H3;1H. The summed E-state index contributed by atoms with van der Waals surface area (Å²) >= 11 is 0. The molecule has 1 heterocycles. The second-order valence-corrected chi connectivity index (χ2v) is 5.36. The molecule has 0 radical (unpaired) electrons. The van der Waals surface area contributed by atoms with Crippen molar-refractivity contribution in [2.24, 2.45) is 11.3 Å². The first kappa shape index (κ1) is 16.7. The van der Waals surface area contributed by atoms with E-state index in [1.54, 1.807) is 0 Å². The molecule has 2 unspecified atom stereocenters. The molecular weight excluding hydrogens is 240 g/mol. The number of carbonyl (C=O) groups excluding carboxylic acids is 1. The summed E-state index contributed by atoms with van der Waals surface area (Å²) in [7, 11) is 3.52. The Balaban J connectivity index is 0.00000256. The maximum Gasteiger partial charge on any atom is 0.309 e. The van der Waals surface area contributed by atoms with Crippen molar-refractivity contribution >= 4 is 18.4 Å². The van der Waals surface area contributed by atoms with Gasteiger partial charge in [0.05, 0.1) is 13.0 Å². The summed E-state index contributed by atoms with van der Waals surface area (Å²) < 4.78 is 4.73. The molecule has 1 aliphatic heterocycles. The summed E-state index contributed by atoms with van der Waals surface area (Å²) in [4.78, 5) is 13.5. The molecule has 102 valence electrons. The Bertz CT molecular complexity index is 243. The molecule has 0 aromatic rings. The van der Waals surface area contributed by atoms with Gasteiger partial charge in [0.1, 0.15) is 0 Å². The number of esters is 1. The Kier molecular flexibility index (Phi) is 7.05. The zero-order valence-corrected chi connectivity index (χ0v) is 12.1. The molecule has 5 heteroatoms. The van der Waals surface area contributed by atoms with Crippen molar-refractivity contribution in [1.82, 2.24) is 10.2 Å². The van der Waals surface area contributed by atoms with Crippen LogP contribution in [0.5, 0.6) is 0 Å². The van der Waals surface area contributed by atoms with Crippen LogP contribution < -0.4 is 5.32 Å². The van der Waals surface area contributed by atoms with Crippen molar-refractivity contribution in [2.75, 3.05) is 40.3 Å². The number of hydrogen-bond donors (Lipinski definition) is 1. The van der Waals surface area contributed by atoms with Crippen LogP contribution in [0, 0.1) is 11.3 Å². The largest absolute Gasteiger partial charge is 0.469 e. The summed E-state index contributed by atoms with van der Waals surface area (Å²) in [6.45, 7) is 8.19. The van der Waals surface area contributed by atoms with Gasteiger partial charge in [-0.05, 0) is 25.4 Å². The normalized spacial score (nSPS) is 25.5. The highest BCUT2D eigenvalue weighted by Gasteiger charge is 2.30. The molecule has 1 rings (SSSR count). The van der Waals surface area contributed by atoms with E-state index in [1.165, 1.54) is 13.5 Å². The second kappa shape index (κ2) is 7.19. The van der Waals surface area contributed by atoms with Gasteiger partial charge in [0.15, 0.2) is 0 Å². The van der Waals surface area contributed by atoms with Gasteiger partial charge in [-0.3, -0.25) is 4.79 Å². The van der Waals surface area contributed by atoms with Crippen LogP contribution in [0.1, 0.15) is 20.3 Å². The molecule has 0 aliphatic carbocycles. The molecule has 0 saturated carbocycles. The van der Waals surface area contributed by atoms with Crippen molar-refractivity contribution in [3.8, 4) is 0 Å². The van der Waals surface area contributed by atoms with E-state index in [4.69, 9.17) is 4.74 Å². The van der Waals surface area contributed by atoms with Crippen LogP contribution in [0.3, 0.4) is 0 Å². The lowest BCUT2D eigenvalue weighted by Crippen LogP contribution is -2.38. The molecule has 1 fully saturated rings. The number of methoxy groups -OCH3 is 1. The average molecular weight is 265 g/mol. The van der Waals surface area contributed by atoms with Gasteiger partial charge in [-0.15, -0.1) is 12.4 Å². The molecule has 1 aliphatic rings. The summed E-state index contributed by atoms with van der Waals surface area (Å²) in [6, 6.07) is 0. The lowest BCUT2D eigenvalue weighted by molar-refractivity contribution is -0.145. The monoisotopic (exact) mass is 264 g/mol. The maximum atomic E-state index is 11.3. The van der Waals surface area contributed by atoms with E-state index in [0.717, 1.165) is 26.2 Å². The van der Waals surface area contributed by atoms with Gasteiger partial charge in [0, 0.05) is 19.6 Å². The molecule has 1 saturated heterocycles. The molecule has 0 amide bonds. The predicted octanol–water partition coefficient (Wildman–Crippen LogP) is 1.15. The van der Waals surface area contributed by atoms with Crippen molar-refractivity contribution in [3.05, 3.63) is 0 Å². The van der Waals surface area contributed by atoms with Crippen LogP contribution in [0.4, 0.5) is 0 Å². The lowest BCUT2D eigenvalue weighted by atomic mass is 9.89. The van der Waals surface area contributed by atoms with E-state index >= 15 is 0 Å². The van der Waals surface area contributed by atoms with Crippen molar-refractivity contribution in [2.45, 2.75) is 20.3 Å². The number of rotatable bonds is 5. The topological polar surface area (TPSA) is 41.6 Å². The highest BCUT2D eigenvalue weighted by molar-refractivity contribution is 5.85. The first-order valence-corrected chi connectivity index (χ1v) is 5.94. The highest BCUT2D eigenvalue weighted by Crippen LogP contribution is 2.25. The second-order valence-electron chi connectivity index (χ2n) is 5.36. The number of hydrogen-bond acceptors (Lipinski definition) is 4. The molecule has 2 atom stereocenters. The summed E-state index contributed by atoms with van der Waals surface area (Å²) in [5, 5.41) is 3.39. The van der Waals surface area contributed by atoms with Crippen LogP contribution in [-0.4, -0.2) is 51.2 Å². The number of ether oxygens (including phenoxy) is 1. The van der Waals surface area contributed by atoms with Gasteiger partial charge in [0.25, 0.3) is 0 Å². The van der Waals surface area contributed by atoms with E-state index in [1.807, 2.05) is 6.92 Å². The Hall–Kier alpha value is -0.320. The zero-order chi connectivity index (χ0) is 12.2. The number of nitrogens with zero attached hydrogens (tertiary/aromatic N) is 1. The van der Waals surface area contributed by atoms with Gasteiger partial charge in [0.2, 0.25) is 0 Å². The molecule has 17 heavy (non-hydrogen) atoms. The van der Waals surface area contributed by atoms with E-state index in [0.29, 0.717) is 5.41 Å². The van der Waals surface area contributed by atoms with E-state index < -0.39 is 0 Å². The van der Waals surface area contributed by atoms with Gasteiger partial charge >= 0.3 is 5.97 Å². The van der Waals surface area contributed by atoms with Crippen molar-refractivity contribution in [3.63, 3.8) is 0 Å². The van der Waals surface area contributed by atoms with Gasteiger partial charge < -0.3 is 15.0 Å². The van der Waals surface area contributed by atoms with Gasteiger partial charge in [-0.25, -0.2) is 0 Å². The van der Waals surface area contributed by atoms with Crippen LogP contribution in [0.15, 0.2) is 0 Å². The lowest BCUT2D eigenvalue weighted by Gasteiger charge is -2.30. The summed E-state index contributed by atoms with van der Waals surface area (Å²) in [5.74, 6) is -0.172. The zero-order valence-electron chi connectivity index (χ0n) is 11.3. The molecule has 0 aromatic carbocycles. The van der Waals surface area contributed by atoms with E-state index in [9.17, 15) is 4.79 Å². The average Bonchev–Trinajstić information content (AvgIpc) is 2.62. The minimum Gasteiger partial charge on any atom is -0.469 e. The summed E-state index contributed by atoms with van der Waals surface area (Å²) in [5.41, 5.74) is 0.352. The summed E-state index contributed by atoms with van der Waals surface area (Å²) in [6.07, 6.45) is 1.21. The highest BCUT2D eigenvalue weighted by atomic mass is 35.5. The third-order valence-electron chi connectivity index (χ3n) is 3.30. The van der Waals surface area contributed by atoms with Crippen molar-refractivity contribution in [1.29, 1.82) is 0 Å². The fraction of sp³-hybridized carbons (Fsp3) is 0.917. The van der Waals surface area contributed by atoms with Crippen LogP contribution in [0.2, 0.25) is 0 Å². The fourth-order valence-corrected chi connectivity index (χ4v) is 2.46. The SMILES string of the molecule is COC(=O)C(C)CN(C)CC1(C)CCNC1.Cl. The molecular formula is C12H25ClN2O2. The quantitative estimate of drug-likeness (QED) is 0.757. The fourth-order valence-electron chi connectivity index (χ4n) is 2.46. The van der Waals surface area contributed by atoms with Crippen LogP contribution in [0.25, 0.3) is 0 Å². The molecule has 1 N–H and O–H groups in total. The minimum absolute atomic E-state index is 0. The van der Waals surface area contributed by atoms with E-state index in [2.05, 4.69) is 24.2 Å². The smallest absolute Gasteiger partial charge is 0.309 e. The molecule has 4 nitrogen and oxygen atoms in total. The minimum atomic E-state index is -0.124. The number of nitrogens with one attached hydrogen (secondary N) is 1. The first-order chi connectivity index (χ1) is 7.47. The number of carbonyl (C=O) groups is 1. The number of halogens is 1. The first-order valence-electron chi connectivity index (χ1n) is 5.94. The Labute approximate surface area is 110 Å². The third-order valence-corrected chi connectivity index (χ3v) is 3.30. The maximum absolute atomic E-state index is 11.3. The molecule has 0 bridgehead atoms. The van der Waals surface area contributed by atoms with Crippen LogP contribution in [-0.2, 0) is 9.53 Å². The molecule has 0 aromatic heterocycles. The third kappa shape index (κ3) is 5.23. The Morgan fingerprint density at radius 1 is 1.59 bits per heavy atom. The van der Waals surface area contributed by atoms with Crippen LogP contribution >= 0.6 is 12.4 Å². The Morgan fingerprint density at radius 3 is 2.71 bits per heavy atom. The Morgan fingerprint density at radius 2 is 2.24 bits per heavy atom. The van der Waals surface area contributed by atoms with E-state index in [-0.39, 0.29) is 24.3 Å². The molecule has 0 spiro atoms. The predicted molar refractivity (Wildman–Crippen MR) is 71.5 cm³/mol. The van der Waals surface area contributed by atoms with Gasteiger partial charge in [-0.2, -0.15) is 0 Å². The van der Waals surface area contributed by atoms with Crippen molar-refractivity contribution < 1.29 is 9.53 Å². The van der Waals surface area contributed by atoms with Gasteiger partial charge in [-0.1, -0.05) is 13.8 Å².